The number of anilines is 2. The third kappa shape index (κ3) is 3.91. The van der Waals surface area contributed by atoms with Gasteiger partial charge in [0.05, 0.1) is 23.5 Å². The first-order chi connectivity index (χ1) is 14.2. The molecule has 3 rings (SSSR count). The fourth-order valence-electron chi connectivity index (χ4n) is 3.38. The number of fused-ring (bicyclic) bond motifs is 1. The van der Waals surface area contributed by atoms with Gasteiger partial charge in [-0.2, -0.15) is 0 Å². The first kappa shape index (κ1) is 21.1. The molecule has 2 heterocycles. The van der Waals surface area contributed by atoms with E-state index in [-0.39, 0.29) is 30.3 Å². The second kappa shape index (κ2) is 8.40. The van der Waals surface area contributed by atoms with Crippen molar-refractivity contribution in [2.45, 2.75) is 33.8 Å². The van der Waals surface area contributed by atoms with E-state index in [1.54, 1.807) is 45.0 Å². The predicted molar refractivity (Wildman–Crippen MR) is 109 cm³/mol. The predicted octanol–water partition coefficient (Wildman–Crippen LogP) is 2.34. The quantitative estimate of drug-likeness (QED) is 0.727. The van der Waals surface area contributed by atoms with Gasteiger partial charge in [0.1, 0.15) is 12.2 Å². The molecule has 30 heavy (non-hydrogen) atoms. The van der Waals surface area contributed by atoms with Gasteiger partial charge in [-0.25, -0.2) is 9.59 Å². The first-order valence-corrected chi connectivity index (χ1v) is 9.52. The molecular formula is C21H23N3O6. The van der Waals surface area contributed by atoms with Crippen LogP contribution in [-0.4, -0.2) is 48.0 Å². The van der Waals surface area contributed by atoms with Gasteiger partial charge in [-0.1, -0.05) is 12.1 Å². The van der Waals surface area contributed by atoms with Crippen LogP contribution in [0.25, 0.3) is 0 Å². The monoisotopic (exact) mass is 413 g/mol. The molecule has 0 bridgehead atoms. The number of H-pyrrole nitrogens is 1. The van der Waals surface area contributed by atoms with Crippen molar-refractivity contribution in [3.63, 3.8) is 0 Å². The zero-order valence-electron chi connectivity index (χ0n) is 17.2. The van der Waals surface area contributed by atoms with Crippen molar-refractivity contribution in [2.75, 3.05) is 23.4 Å². The molecule has 1 aliphatic heterocycles. The van der Waals surface area contributed by atoms with Crippen molar-refractivity contribution in [1.29, 1.82) is 0 Å². The Balaban J connectivity index is 1.79. The SMILES string of the molecule is CCOC(=O)c1[nH]c(C)c(C(=O)O[C@H](C)C(=O)N2CC(=O)Nc3ccccc32)c1C. The van der Waals surface area contributed by atoms with Crippen molar-refractivity contribution in [2.24, 2.45) is 0 Å². The Bertz CT molecular complexity index is 1030. The topological polar surface area (TPSA) is 118 Å². The molecule has 0 spiro atoms. The summed E-state index contributed by atoms with van der Waals surface area (Å²) in [5.41, 5.74) is 2.21. The molecule has 1 aliphatic rings. The fourth-order valence-corrected chi connectivity index (χ4v) is 3.38. The number of amides is 2. The Labute approximate surface area is 173 Å². The molecule has 0 fully saturated rings. The summed E-state index contributed by atoms with van der Waals surface area (Å²) >= 11 is 0. The summed E-state index contributed by atoms with van der Waals surface area (Å²) in [5, 5.41) is 2.70. The maximum Gasteiger partial charge on any atom is 0.355 e. The number of carbonyl (C=O) groups excluding carboxylic acids is 4. The smallest absolute Gasteiger partial charge is 0.355 e. The summed E-state index contributed by atoms with van der Waals surface area (Å²) in [6.45, 7) is 6.39. The number of nitrogens with zero attached hydrogens (tertiary/aromatic N) is 1. The molecule has 2 amide bonds. The number of nitrogens with one attached hydrogen (secondary N) is 2. The van der Waals surface area contributed by atoms with Crippen LogP contribution in [0.5, 0.6) is 0 Å². The summed E-state index contributed by atoms with van der Waals surface area (Å²) < 4.78 is 10.4. The maximum absolute atomic E-state index is 12.9. The maximum atomic E-state index is 12.9. The molecule has 0 radical (unpaired) electrons. The molecule has 1 aromatic carbocycles. The number of ether oxygens (including phenoxy) is 2. The number of aryl methyl sites for hydroxylation is 1. The molecule has 9 nitrogen and oxygen atoms in total. The van der Waals surface area contributed by atoms with Gasteiger partial charge in [0.25, 0.3) is 5.91 Å². The van der Waals surface area contributed by atoms with E-state index in [0.29, 0.717) is 22.6 Å². The van der Waals surface area contributed by atoms with Gasteiger partial charge in [-0.3, -0.25) is 14.5 Å². The third-order valence-corrected chi connectivity index (χ3v) is 4.79. The molecule has 0 aliphatic carbocycles. The summed E-state index contributed by atoms with van der Waals surface area (Å²) in [6, 6.07) is 6.88. The number of hydrogen-bond donors (Lipinski definition) is 2. The summed E-state index contributed by atoms with van der Waals surface area (Å²) in [6.07, 6.45) is -1.14. The number of hydrogen-bond acceptors (Lipinski definition) is 6. The first-order valence-electron chi connectivity index (χ1n) is 9.52. The molecule has 0 unspecified atom stereocenters. The number of aromatic nitrogens is 1. The Morgan fingerprint density at radius 1 is 1.17 bits per heavy atom. The van der Waals surface area contributed by atoms with Crippen LogP contribution >= 0.6 is 0 Å². The molecule has 0 saturated heterocycles. The molecule has 158 valence electrons. The van der Waals surface area contributed by atoms with Crippen molar-refractivity contribution in [3.05, 3.63) is 46.8 Å². The summed E-state index contributed by atoms with van der Waals surface area (Å²) in [5.74, 6) is -2.18. The van der Waals surface area contributed by atoms with E-state index in [0.717, 1.165) is 0 Å². The highest BCUT2D eigenvalue weighted by atomic mass is 16.5. The number of esters is 2. The van der Waals surface area contributed by atoms with Crippen LogP contribution in [0.3, 0.4) is 0 Å². The number of benzene rings is 1. The molecule has 1 atom stereocenters. The molecular weight excluding hydrogens is 390 g/mol. The number of para-hydroxylation sites is 2. The molecule has 0 saturated carbocycles. The van der Waals surface area contributed by atoms with Crippen LogP contribution in [0.2, 0.25) is 0 Å². The highest BCUT2D eigenvalue weighted by molar-refractivity contribution is 6.11. The lowest BCUT2D eigenvalue weighted by atomic mass is 10.1. The fraction of sp³-hybridized carbons (Fsp3) is 0.333. The van der Waals surface area contributed by atoms with Gasteiger partial charge in [0.2, 0.25) is 5.91 Å². The van der Waals surface area contributed by atoms with E-state index in [9.17, 15) is 19.2 Å². The average molecular weight is 413 g/mol. The van der Waals surface area contributed by atoms with E-state index in [2.05, 4.69) is 10.3 Å². The largest absolute Gasteiger partial charge is 0.461 e. The standard InChI is InChI=1S/C21H23N3O6/c1-5-29-21(28)18-11(2)17(12(3)22-18)20(27)30-13(4)19(26)24-10-16(25)23-14-8-6-7-9-15(14)24/h6-9,13,22H,5,10H2,1-4H3,(H,23,25)/t13-/m1/s1. The van der Waals surface area contributed by atoms with E-state index in [1.165, 1.54) is 11.8 Å². The Morgan fingerprint density at radius 3 is 2.57 bits per heavy atom. The molecule has 1 aromatic heterocycles. The van der Waals surface area contributed by atoms with Crippen molar-refractivity contribution in [1.82, 2.24) is 4.98 Å². The van der Waals surface area contributed by atoms with Crippen LogP contribution in [0.1, 0.15) is 46.0 Å². The van der Waals surface area contributed by atoms with Gasteiger partial charge >= 0.3 is 11.9 Å². The number of aromatic amines is 1. The lowest BCUT2D eigenvalue weighted by Gasteiger charge is -2.30. The lowest BCUT2D eigenvalue weighted by Crippen LogP contribution is -2.47. The van der Waals surface area contributed by atoms with Gasteiger partial charge in [0, 0.05) is 5.69 Å². The normalized spacial score (nSPS) is 13.9. The second-order valence-corrected chi connectivity index (χ2v) is 6.88. The third-order valence-electron chi connectivity index (χ3n) is 4.79. The Hall–Kier alpha value is -3.62. The lowest BCUT2D eigenvalue weighted by molar-refractivity contribution is -0.128. The van der Waals surface area contributed by atoms with Crippen molar-refractivity contribution in [3.8, 4) is 0 Å². The number of carbonyl (C=O) groups is 4. The van der Waals surface area contributed by atoms with Gasteiger partial charge < -0.3 is 19.8 Å². The van der Waals surface area contributed by atoms with Gasteiger partial charge in [-0.15, -0.1) is 0 Å². The minimum Gasteiger partial charge on any atom is -0.461 e. The highest BCUT2D eigenvalue weighted by Crippen LogP contribution is 2.30. The van der Waals surface area contributed by atoms with Gasteiger partial charge in [0.15, 0.2) is 6.10 Å². The van der Waals surface area contributed by atoms with Crippen LogP contribution in [0.4, 0.5) is 11.4 Å². The minimum atomic E-state index is -1.14. The molecule has 2 aromatic rings. The van der Waals surface area contributed by atoms with Crippen LogP contribution in [0.15, 0.2) is 24.3 Å². The van der Waals surface area contributed by atoms with E-state index in [1.807, 2.05) is 0 Å². The van der Waals surface area contributed by atoms with Crippen molar-refractivity contribution < 1.29 is 28.7 Å². The van der Waals surface area contributed by atoms with Crippen LogP contribution < -0.4 is 10.2 Å². The summed E-state index contributed by atoms with van der Waals surface area (Å²) in [7, 11) is 0. The van der Waals surface area contributed by atoms with Crippen molar-refractivity contribution >= 4 is 35.1 Å². The zero-order valence-corrected chi connectivity index (χ0v) is 17.2. The van der Waals surface area contributed by atoms with E-state index < -0.39 is 23.9 Å². The Morgan fingerprint density at radius 2 is 1.87 bits per heavy atom. The van der Waals surface area contributed by atoms with Crippen LogP contribution in [-0.2, 0) is 19.1 Å². The minimum absolute atomic E-state index is 0.168. The van der Waals surface area contributed by atoms with Crippen LogP contribution in [0, 0.1) is 13.8 Å². The summed E-state index contributed by atoms with van der Waals surface area (Å²) in [4.78, 5) is 53.8. The molecule has 9 heteroatoms. The zero-order chi connectivity index (χ0) is 22.0. The number of rotatable bonds is 5. The molecule has 2 N–H and O–H groups in total. The second-order valence-electron chi connectivity index (χ2n) is 6.88. The van der Waals surface area contributed by atoms with E-state index >= 15 is 0 Å². The average Bonchev–Trinajstić information content (AvgIpc) is 3.01. The highest BCUT2D eigenvalue weighted by Gasteiger charge is 2.32. The van der Waals surface area contributed by atoms with Gasteiger partial charge in [-0.05, 0) is 45.4 Å². The Kier molecular flexibility index (Phi) is 5.91. The van der Waals surface area contributed by atoms with E-state index in [4.69, 9.17) is 9.47 Å².